The zero-order valence-corrected chi connectivity index (χ0v) is 8.31. The zero-order chi connectivity index (χ0) is 11.7. The zero-order valence-electron chi connectivity index (χ0n) is 7.49. The van der Waals surface area contributed by atoms with Crippen molar-refractivity contribution in [2.24, 2.45) is 10.2 Å². The van der Waals surface area contributed by atoms with Gasteiger partial charge in [-0.3, -0.25) is 5.43 Å². The van der Waals surface area contributed by atoms with Crippen LogP contribution in [0.5, 0.6) is 5.75 Å². The molecule has 0 aliphatic heterocycles. The van der Waals surface area contributed by atoms with Gasteiger partial charge in [0.1, 0.15) is 5.75 Å². The Hall–Kier alpha value is -1.93. The van der Waals surface area contributed by atoms with E-state index < -0.39 is 16.5 Å². The number of hydrazine groups is 1. The smallest absolute Gasteiger partial charge is 0.370 e. The second-order valence-corrected chi connectivity index (χ2v) is 2.71. The monoisotopic (exact) mass is 231 g/mol. The Morgan fingerprint density at radius 1 is 1.33 bits per heavy atom. The summed E-state index contributed by atoms with van der Waals surface area (Å²) in [4.78, 5) is 9.83. The van der Waals surface area contributed by atoms with Gasteiger partial charge in [-0.05, 0) is 12.1 Å². The molecule has 82 valence electrons. The molecule has 2 amide bonds. The van der Waals surface area contributed by atoms with Gasteiger partial charge in [-0.1, -0.05) is 22.6 Å². The molecule has 0 aliphatic carbocycles. The summed E-state index contributed by atoms with van der Waals surface area (Å²) < 4.78 is 21.4. The van der Waals surface area contributed by atoms with Gasteiger partial charge in [0.2, 0.25) is 0 Å². The van der Waals surface area contributed by atoms with E-state index in [0.717, 1.165) is 0 Å². The van der Waals surface area contributed by atoms with Gasteiger partial charge < -0.3 is 5.11 Å². The maximum atomic E-state index is 9.83. The molecule has 0 atom stereocenters. The molecule has 1 aromatic rings. The van der Waals surface area contributed by atoms with Crippen molar-refractivity contribution in [2.45, 2.75) is 0 Å². The summed E-state index contributed by atoms with van der Waals surface area (Å²) in [6.07, 6.45) is 0. The van der Waals surface area contributed by atoms with Crippen LogP contribution in [0.15, 0.2) is 34.7 Å². The predicted octanol–water partition coefficient (Wildman–Crippen LogP) is 0.0246. The van der Waals surface area contributed by atoms with Crippen molar-refractivity contribution in [3.05, 3.63) is 30.3 Å². The number of nitrogens with one attached hydrogen (secondary N) is 1. The molecule has 1 aromatic carbocycles. The number of rotatable bonds is 0. The molecule has 7 nitrogen and oxygen atoms in total. The first-order valence-corrected chi connectivity index (χ1v) is 4.65. The van der Waals surface area contributed by atoms with Gasteiger partial charge in [0.05, 0.1) is 0 Å². The topological polar surface area (TPSA) is 122 Å². The summed E-state index contributed by atoms with van der Waals surface area (Å²) >= 11 is 0. The molecular formula is C7H9N3O4S. The van der Waals surface area contributed by atoms with Crippen molar-refractivity contribution in [3.63, 3.8) is 0 Å². The Bertz CT molecular complexity index is 421. The van der Waals surface area contributed by atoms with Crippen LogP contribution in [0.25, 0.3) is 0 Å². The van der Waals surface area contributed by atoms with E-state index in [4.69, 9.17) is 5.11 Å². The van der Waals surface area contributed by atoms with Crippen LogP contribution >= 0.6 is 0 Å². The van der Waals surface area contributed by atoms with Gasteiger partial charge in [-0.2, -0.15) is 8.42 Å². The molecule has 15 heavy (non-hydrogen) atoms. The third-order valence-electron chi connectivity index (χ3n) is 1.04. The number of carbonyl (C=O) groups excluding carboxylic acids is 1. The fourth-order valence-corrected chi connectivity index (χ4v) is 0.710. The number of carbonyl (C=O) groups is 1. The van der Waals surface area contributed by atoms with Gasteiger partial charge >= 0.3 is 16.5 Å². The van der Waals surface area contributed by atoms with E-state index in [1.54, 1.807) is 24.3 Å². The Labute approximate surface area is 87.2 Å². The number of nitrogens with two attached hydrogens (primary N) is 1. The van der Waals surface area contributed by atoms with E-state index in [0.29, 0.717) is 5.75 Å². The lowest BCUT2D eigenvalue weighted by Gasteiger charge is -1.82. The van der Waals surface area contributed by atoms with E-state index in [1.807, 2.05) is 6.07 Å². The highest BCUT2D eigenvalue weighted by atomic mass is 32.2. The molecule has 4 N–H and O–H groups in total. The van der Waals surface area contributed by atoms with E-state index in [9.17, 15) is 13.2 Å². The first kappa shape index (κ1) is 13.1. The van der Waals surface area contributed by atoms with E-state index in [1.165, 1.54) is 5.43 Å². The summed E-state index contributed by atoms with van der Waals surface area (Å²) in [5.41, 5.74) is 1.50. The van der Waals surface area contributed by atoms with Crippen molar-refractivity contribution < 1.29 is 18.3 Å². The molecule has 0 heterocycles. The van der Waals surface area contributed by atoms with Crippen molar-refractivity contribution in [1.29, 1.82) is 0 Å². The number of phenols is 1. The summed E-state index contributed by atoms with van der Waals surface area (Å²) in [7, 11) is -2.71. The quantitative estimate of drug-likeness (QED) is 0.330. The van der Waals surface area contributed by atoms with Crippen molar-refractivity contribution >= 4 is 16.5 Å². The van der Waals surface area contributed by atoms with E-state index in [2.05, 4.69) is 10.2 Å². The minimum absolute atomic E-state index is 0.322. The molecule has 0 unspecified atom stereocenters. The second-order valence-electron chi connectivity index (χ2n) is 2.09. The van der Waals surface area contributed by atoms with Crippen LogP contribution < -0.4 is 11.3 Å². The number of phenolic OH excluding ortho intramolecular Hbond substituents is 1. The van der Waals surface area contributed by atoms with Gasteiger partial charge in [0.15, 0.2) is 0 Å². The maximum absolute atomic E-state index is 9.83. The number of nitrogens with zero attached hydrogens (tertiary/aromatic N) is 1. The first-order chi connectivity index (χ1) is 7.06. The Kier molecular flexibility index (Phi) is 6.51. The molecule has 0 aromatic heterocycles. The highest BCUT2D eigenvalue weighted by Crippen LogP contribution is 2.02. The molecule has 8 heteroatoms. The highest BCUT2D eigenvalue weighted by Gasteiger charge is 1.88. The Morgan fingerprint density at radius 2 is 1.87 bits per heavy atom. The van der Waals surface area contributed by atoms with Crippen LogP contribution in [0, 0.1) is 0 Å². The highest BCUT2D eigenvalue weighted by molar-refractivity contribution is 7.62. The second kappa shape index (κ2) is 7.47. The standard InChI is InChI=1S/C6H6O.CH3N3O3S/c7-6-4-2-1-3-5-6;2-3-1(5)4-8(6)7/h1-5,7H;2H2,(H,3,5). The van der Waals surface area contributed by atoms with Crippen LogP contribution in [-0.4, -0.2) is 19.6 Å². The van der Waals surface area contributed by atoms with Gasteiger partial charge in [0, 0.05) is 0 Å². The van der Waals surface area contributed by atoms with Crippen molar-refractivity contribution in [3.8, 4) is 5.75 Å². The lowest BCUT2D eigenvalue weighted by molar-refractivity contribution is 0.250. The Morgan fingerprint density at radius 3 is 2.07 bits per heavy atom. The number of aromatic hydroxyl groups is 1. The number of hydrogen-bond acceptors (Lipinski definition) is 5. The largest absolute Gasteiger partial charge is 0.508 e. The fourth-order valence-electron chi connectivity index (χ4n) is 0.522. The SMILES string of the molecule is NNC(=O)N=S(=O)=O.Oc1ccccc1. The lowest BCUT2D eigenvalue weighted by Crippen LogP contribution is -2.26. The molecule has 1 rings (SSSR count). The van der Waals surface area contributed by atoms with Gasteiger partial charge in [-0.25, -0.2) is 10.6 Å². The third-order valence-corrected chi connectivity index (χ3v) is 1.35. The third kappa shape index (κ3) is 8.40. The maximum Gasteiger partial charge on any atom is 0.370 e. The van der Waals surface area contributed by atoms with E-state index >= 15 is 0 Å². The van der Waals surface area contributed by atoms with Crippen LogP contribution in [0.3, 0.4) is 0 Å². The molecular weight excluding hydrogens is 222 g/mol. The van der Waals surface area contributed by atoms with E-state index in [-0.39, 0.29) is 0 Å². The summed E-state index contributed by atoms with van der Waals surface area (Å²) in [6, 6.07) is 7.63. The molecule has 0 radical (unpaired) electrons. The Balaban J connectivity index is 0.000000262. The molecule has 0 fully saturated rings. The number of para-hydroxylation sites is 1. The van der Waals surface area contributed by atoms with Crippen LogP contribution in [0.1, 0.15) is 0 Å². The molecule has 0 saturated heterocycles. The average Bonchev–Trinajstić information content (AvgIpc) is 2.19. The van der Waals surface area contributed by atoms with Gasteiger partial charge in [0.25, 0.3) is 0 Å². The van der Waals surface area contributed by atoms with Crippen LogP contribution in [-0.2, 0) is 10.5 Å². The average molecular weight is 231 g/mol. The summed E-state index contributed by atoms with van der Waals surface area (Å²) in [5.74, 6) is 4.78. The number of hydrogen-bond donors (Lipinski definition) is 3. The minimum Gasteiger partial charge on any atom is -0.508 e. The van der Waals surface area contributed by atoms with Crippen LogP contribution in [0.2, 0.25) is 0 Å². The van der Waals surface area contributed by atoms with Crippen molar-refractivity contribution in [2.75, 3.05) is 0 Å². The number of amides is 2. The predicted molar refractivity (Wildman–Crippen MR) is 52.2 cm³/mol. The summed E-state index contributed by atoms with van der Waals surface area (Å²) in [6.45, 7) is 0. The molecule has 0 spiro atoms. The molecule has 0 saturated carbocycles. The van der Waals surface area contributed by atoms with Crippen molar-refractivity contribution in [1.82, 2.24) is 5.43 Å². The molecule has 0 bridgehead atoms. The number of urea groups is 1. The van der Waals surface area contributed by atoms with Gasteiger partial charge in [-0.15, -0.1) is 0 Å². The number of benzene rings is 1. The first-order valence-electron chi connectivity index (χ1n) is 3.62. The minimum atomic E-state index is -2.71. The summed E-state index contributed by atoms with van der Waals surface area (Å²) in [5, 5.41) is 8.63. The normalized spacial score (nSPS) is 8.07. The fraction of sp³-hybridized carbons (Fsp3) is 0. The van der Waals surface area contributed by atoms with Crippen LogP contribution in [0.4, 0.5) is 4.79 Å². The lowest BCUT2D eigenvalue weighted by atomic mass is 10.3. The molecule has 0 aliphatic rings.